The van der Waals surface area contributed by atoms with Gasteiger partial charge in [0.15, 0.2) is 11.5 Å². The second-order valence-corrected chi connectivity index (χ2v) is 7.25. The van der Waals surface area contributed by atoms with Gasteiger partial charge < -0.3 is 20.1 Å². The largest absolute Gasteiger partial charge is 0.493 e. The van der Waals surface area contributed by atoms with Crippen LogP contribution in [0, 0.1) is 0 Å². The van der Waals surface area contributed by atoms with E-state index in [1.54, 1.807) is 26.4 Å². The Hall–Kier alpha value is -2.69. The smallest absolute Gasteiger partial charge is 0.246 e. The van der Waals surface area contributed by atoms with Gasteiger partial charge in [-0.25, -0.2) is 0 Å². The molecular formula is C21H28N2O3. The zero-order valence-electron chi connectivity index (χ0n) is 16.3. The summed E-state index contributed by atoms with van der Waals surface area (Å²) in [4.78, 5) is 12.4. The average Bonchev–Trinajstić information content (AvgIpc) is 2.61. The van der Waals surface area contributed by atoms with Crippen molar-refractivity contribution in [1.29, 1.82) is 0 Å². The number of benzene rings is 2. The molecule has 2 aromatic carbocycles. The molecule has 0 bridgehead atoms. The molecule has 0 heterocycles. The number of ether oxygens (including phenoxy) is 2. The second kappa shape index (κ2) is 8.13. The van der Waals surface area contributed by atoms with Gasteiger partial charge in [-0.15, -0.1) is 0 Å². The second-order valence-electron chi connectivity index (χ2n) is 7.25. The maximum atomic E-state index is 12.4. The minimum atomic E-state index is -0.407. The lowest BCUT2D eigenvalue weighted by Crippen LogP contribution is -2.31. The van der Waals surface area contributed by atoms with Gasteiger partial charge in [0.05, 0.1) is 14.2 Å². The van der Waals surface area contributed by atoms with Crippen molar-refractivity contribution >= 4 is 17.3 Å². The van der Waals surface area contributed by atoms with Crippen molar-refractivity contribution in [2.45, 2.75) is 39.2 Å². The average molecular weight is 356 g/mol. The van der Waals surface area contributed by atoms with Crippen molar-refractivity contribution in [3.8, 4) is 11.5 Å². The molecule has 5 nitrogen and oxygen atoms in total. The Bertz CT molecular complexity index is 749. The minimum absolute atomic E-state index is 0.0881. The zero-order chi connectivity index (χ0) is 19.3. The Morgan fingerprint density at radius 1 is 0.923 bits per heavy atom. The maximum absolute atomic E-state index is 12.4. The first kappa shape index (κ1) is 19.6. The number of amides is 1. The molecule has 0 aromatic heterocycles. The summed E-state index contributed by atoms with van der Waals surface area (Å²) < 4.78 is 10.5. The molecule has 0 unspecified atom stereocenters. The van der Waals surface area contributed by atoms with Gasteiger partial charge in [0.25, 0.3) is 0 Å². The molecule has 0 saturated heterocycles. The van der Waals surface area contributed by atoms with Gasteiger partial charge in [-0.1, -0.05) is 32.9 Å². The van der Waals surface area contributed by atoms with E-state index >= 15 is 0 Å². The van der Waals surface area contributed by atoms with Crippen LogP contribution < -0.4 is 20.1 Å². The highest BCUT2D eigenvalue weighted by atomic mass is 16.5. The lowest BCUT2D eigenvalue weighted by atomic mass is 9.87. The summed E-state index contributed by atoms with van der Waals surface area (Å²) >= 11 is 0. The van der Waals surface area contributed by atoms with Crippen LogP contribution in [-0.2, 0) is 10.2 Å². The molecule has 2 rings (SSSR count). The summed E-state index contributed by atoms with van der Waals surface area (Å²) in [6.45, 7) is 8.30. The fourth-order valence-electron chi connectivity index (χ4n) is 2.55. The molecule has 2 aromatic rings. The van der Waals surface area contributed by atoms with E-state index in [1.807, 2.05) is 37.3 Å². The standard InChI is InChI=1S/C21H28N2O3/c1-14(22-17-11-12-18(25-5)19(13-17)26-6)20(24)23-16-9-7-15(8-10-16)21(2,3)4/h7-14,22H,1-6H3,(H,23,24)/t14-/m0/s1. The Morgan fingerprint density at radius 2 is 1.50 bits per heavy atom. The molecular weight excluding hydrogens is 328 g/mol. The normalized spacial score (nSPS) is 12.2. The van der Waals surface area contributed by atoms with Crippen LogP contribution in [0.5, 0.6) is 11.5 Å². The van der Waals surface area contributed by atoms with Gasteiger partial charge in [-0.05, 0) is 42.2 Å². The van der Waals surface area contributed by atoms with Crippen LogP contribution in [0.15, 0.2) is 42.5 Å². The molecule has 0 radical (unpaired) electrons. The number of carbonyl (C=O) groups is 1. The highest BCUT2D eigenvalue weighted by Crippen LogP contribution is 2.30. The summed E-state index contributed by atoms with van der Waals surface area (Å²) in [5.74, 6) is 1.15. The third-order valence-corrected chi connectivity index (χ3v) is 4.18. The van der Waals surface area contributed by atoms with E-state index in [4.69, 9.17) is 9.47 Å². The van der Waals surface area contributed by atoms with Crippen LogP contribution in [0.1, 0.15) is 33.3 Å². The van der Waals surface area contributed by atoms with Crippen LogP contribution in [0.4, 0.5) is 11.4 Å². The van der Waals surface area contributed by atoms with Crippen LogP contribution in [0.3, 0.4) is 0 Å². The summed E-state index contributed by atoms with van der Waals surface area (Å²) in [6, 6.07) is 13.0. The van der Waals surface area contributed by atoms with Gasteiger partial charge in [0.2, 0.25) is 5.91 Å². The van der Waals surface area contributed by atoms with E-state index in [-0.39, 0.29) is 11.3 Å². The zero-order valence-corrected chi connectivity index (χ0v) is 16.3. The maximum Gasteiger partial charge on any atom is 0.246 e. The summed E-state index contributed by atoms with van der Waals surface area (Å²) in [6.07, 6.45) is 0. The van der Waals surface area contributed by atoms with E-state index in [9.17, 15) is 4.79 Å². The lowest BCUT2D eigenvalue weighted by Gasteiger charge is -2.20. The Kier molecular flexibility index (Phi) is 6.14. The van der Waals surface area contributed by atoms with Crippen molar-refractivity contribution in [2.24, 2.45) is 0 Å². The van der Waals surface area contributed by atoms with E-state index in [0.29, 0.717) is 11.5 Å². The number of hydrogen-bond donors (Lipinski definition) is 2. The Labute approximate surface area is 155 Å². The molecule has 0 aliphatic rings. The van der Waals surface area contributed by atoms with E-state index < -0.39 is 6.04 Å². The van der Waals surface area contributed by atoms with E-state index in [2.05, 4.69) is 31.4 Å². The van der Waals surface area contributed by atoms with Crippen molar-refractivity contribution in [3.63, 3.8) is 0 Å². The van der Waals surface area contributed by atoms with Gasteiger partial charge in [-0.3, -0.25) is 4.79 Å². The highest BCUT2D eigenvalue weighted by molar-refractivity contribution is 5.96. The first-order valence-electron chi connectivity index (χ1n) is 8.64. The van der Waals surface area contributed by atoms with Crippen molar-refractivity contribution in [2.75, 3.05) is 24.9 Å². The predicted octanol–water partition coefficient (Wildman–Crippen LogP) is 4.44. The van der Waals surface area contributed by atoms with Gasteiger partial charge in [-0.2, -0.15) is 0 Å². The van der Waals surface area contributed by atoms with Gasteiger partial charge in [0, 0.05) is 17.4 Å². The molecule has 2 N–H and O–H groups in total. The first-order valence-corrected chi connectivity index (χ1v) is 8.64. The molecule has 26 heavy (non-hydrogen) atoms. The van der Waals surface area contributed by atoms with Gasteiger partial charge >= 0.3 is 0 Å². The fraction of sp³-hybridized carbons (Fsp3) is 0.381. The topological polar surface area (TPSA) is 59.6 Å². The summed E-state index contributed by atoms with van der Waals surface area (Å²) in [5.41, 5.74) is 2.88. The van der Waals surface area contributed by atoms with Crippen LogP contribution in [0.25, 0.3) is 0 Å². The molecule has 0 fully saturated rings. The number of anilines is 2. The third-order valence-electron chi connectivity index (χ3n) is 4.18. The Morgan fingerprint density at radius 3 is 2.04 bits per heavy atom. The third kappa shape index (κ3) is 4.91. The molecule has 1 amide bonds. The minimum Gasteiger partial charge on any atom is -0.493 e. The number of hydrogen-bond acceptors (Lipinski definition) is 4. The predicted molar refractivity (Wildman–Crippen MR) is 106 cm³/mol. The molecule has 0 aliphatic heterocycles. The van der Waals surface area contributed by atoms with E-state index in [0.717, 1.165) is 11.4 Å². The molecule has 5 heteroatoms. The number of methoxy groups -OCH3 is 2. The highest BCUT2D eigenvalue weighted by Gasteiger charge is 2.16. The van der Waals surface area contributed by atoms with Crippen LogP contribution in [0.2, 0.25) is 0 Å². The molecule has 0 spiro atoms. The number of carbonyl (C=O) groups excluding carboxylic acids is 1. The fourth-order valence-corrected chi connectivity index (χ4v) is 2.55. The van der Waals surface area contributed by atoms with Crippen LogP contribution in [-0.4, -0.2) is 26.2 Å². The monoisotopic (exact) mass is 356 g/mol. The molecule has 0 aliphatic carbocycles. The quantitative estimate of drug-likeness (QED) is 0.803. The number of rotatable bonds is 6. The SMILES string of the molecule is COc1ccc(N[C@@H](C)C(=O)Nc2ccc(C(C)(C)C)cc2)cc1OC. The van der Waals surface area contributed by atoms with Crippen molar-refractivity contribution in [1.82, 2.24) is 0 Å². The molecule has 140 valence electrons. The summed E-state index contributed by atoms with van der Waals surface area (Å²) in [5, 5.41) is 6.11. The first-order chi connectivity index (χ1) is 12.2. The van der Waals surface area contributed by atoms with Crippen molar-refractivity contribution < 1.29 is 14.3 Å². The molecule has 1 atom stereocenters. The van der Waals surface area contributed by atoms with Crippen LogP contribution >= 0.6 is 0 Å². The molecule has 0 saturated carbocycles. The van der Waals surface area contributed by atoms with Crippen molar-refractivity contribution in [3.05, 3.63) is 48.0 Å². The number of nitrogens with one attached hydrogen (secondary N) is 2. The lowest BCUT2D eigenvalue weighted by molar-refractivity contribution is -0.116. The van der Waals surface area contributed by atoms with E-state index in [1.165, 1.54) is 5.56 Å². The Balaban J connectivity index is 2.01. The summed E-state index contributed by atoms with van der Waals surface area (Å²) in [7, 11) is 3.17. The van der Waals surface area contributed by atoms with Gasteiger partial charge in [0.1, 0.15) is 6.04 Å².